The zero-order valence-electron chi connectivity index (χ0n) is 11.7. The van der Waals surface area contributed by atoms with Crippen LogP contribution in [0.4, 0.5) is 0 Å². The van der Waals surface area contributed by atoms with Gasteiger partial charge < -0.3 is 15.1 Å². The quantitative estimate of drug-likeness (QED) is 0.785. The minimum absolute atomic E-state index is 0.180. The van der Waals surface area contributed by atoms with E-state index in [0.717, 1.165) is 6.08 Å². The Balaban J connectivity index is 3.14. The van der Waals surface area contributed by atoms with Crippen molar-refractivity contribution in [2.75, 3.05) is 13.7 Å². The second-order valence-corrected chi connectivity index (χ2v) is 4.97. The molecule has 0 radical (unpaired) electrons. The molecule has 108 valence electrons. The molecule has 6 nitrogen and oxygen atoms in total. The first-order chi connectivity index (χ1) is 9.29. The summed E-state index contributed by atoms with van der Waals surface area (Å²) in [5.74, 6) is -1.41. The topological polar surface area (TPSA) is 90.7 Å². The molecule has 0 fully saturated rings. The van der Waals surface area contributed by atoms with Crippen LogP contribution in [0.5, 0.6) is 0 Å². The van der Waals surface area contributed by atoms with Crippen molar-refractivity contribution >= 4 is 18.0 Å². The van der Waals surface area contributed by atoms with E-state index in [2.05, 4.69) is 4.98 Å². The minimum atomic E-state index is -1.10. The van der Waals surface area contributed by atoms with Crippen LogP contribution in [0.25, 0.3) is 6.08 Å². The van der Waals surface area contributed by atoms with Crippen LogP contribution in [0.2, 0.25) is 0 Å². The SMILES string of the molecule is CN(C(=O)c1ccncc1/C=C/C(=O)O)C(C)(C)CO. The molecule has 1 aromatic rings. The molecule has 0 aliphatic rings. The van der Waals surface area contributed by atoms with Crippen molar-refractivity contribution in [2.24, 2.45) is 0 Å². The zero-order valence-corrected chi connectivity index (χ0v) is 11.7. The summed E-state index contributed by atoms with van der Waals surface area (Å²) in [5.41, 5.74) is 0.0377. The van der Waals surface area contributed by atoms with Crippen LogP contribution in [0.15, 0.2) is 24.5 Å². The fraction of sp³-hybridized carbons (Fsp3) is 0.357. The number of rotatable bonds is 5. The summed E-state index contributed by atoms with van der Waals surface area (Å²) >= 11 is 0. The number of aromatic nitrogens is 1. The van der Waals surface area contributed by atoms with Gasteiger partial charge in [0.25, 0.3) is 5.91 Å². The summed E-state index contributed by atoms with van der Waals surface area (Å²) in [6, 6.07) is 1.52. The third-order valence-electron chi connectivity index (χ3n) is 3.09. The molecule has 1 rings (SSSR count). The molecule has 6 heteroatoms. The molecule has 0 atom stereocenters. The summed E-state index contributed by atoms with van der Waals surface area (Å²) in [5, 5.41) is 18.0. The average molecular weight is 278 g/mol. The highest BCUT2D eigenvalue weighted by atomic mass is 16.4. The van der Waals surface area contributed by atoms with Crippen LogP contribution in [0.3, 0.4) is 0 Å². The monoisotopic (exact) mass is 278 g/mol. The van der Waals surface area contributed by atoms with Crippen molar-refractivity contribution in [2.45, 2.75) is 19.4 Å². The molecule has 0 saturated heterocycles. The molecular formula is C14H18N2O4. The maximum Gasteiger partial charge on any atom is 0.328 e. The lowest BCUT2D eigenvalue weighted by molar-refractivity contribution is -0.131. The number of likely N-dealkylation sites (N-methyl/N-ethyl adjacent to an activating group) is 1. The Labute approximate surface area is 117 Å². The number of carbonyl (C=O) groups excluding carboxylic acids is 1. The van der Waals surface area contributed by atoms with E-state index in [1.807, 2.05) is 0 Å². The smallest absolute Gasteiger partial charge is 0.328 e. The predicted molar refractivity (Wildman–Crippen MR) is 74.2 cm³/mol. The van der Waals surface area contributed by atoms with Crippen LogP contribution < -0.4 is 0 Å². The Morgan fingerprint density at radius 2 is 2.10 bits per heavy atom. The largest absolute Gasteiger partial charge is 0.478 e. The number of aliphatic carboxylic acids is 1. The molecule has 1 heterocycles. The van der Waals surface area contributed by atoms with Gasteiger partial charge in [-0.3, -0.25) is 9.78 Å². The Kier molecular flexibility index (Phi) is 4.99. The van der Waals surface area contributed by atoms with Crippen LogP contribution in [0.1, 0.15) is 29.8 Å². The Hall–Kier alpha value is -2.21. The van der Waals surface area contributed by atoms with Gasteiger partial charge in [-0.25, -0.2) is 4.79 Å². The first-order valence-corrected chi connectivity index (χ1v) is 6.03. The average Bonchev–Trinajstić information content (AvgIpc) is 2.43. The molecule has 0 spiro atoms. The lowest BCUT2D eigenvalue weighted by atomic mass is 10.0. The van der Waals surface area contributed by atoms with Crippen molar-refractivity contribution in [1.29, 1.82) is 0 Å². The van der Waals surface area contributed by atoms with E-state index in [9.17, 15) is 14.7 Å². The fourth-order valence-corrected chi connectivity index (χ4v) is 1.46. The number of hydrogen-bond acceptors (Lipinski definition) is 4. The number of pyridine rings is 1. The summed E-state index contributed by atoms with van der Waals surface area (Å²) in [6.07, 6.45) is 5.16. The van der Waals surface area contributed by atoms with Gasteiger partial charge in [0, 0.05) is 36.6 Å². The Morgan fingerprint density at radius 1 is 1.45 bits per heavy atom. The second kappa shape index (κ2) is 6.29. The first-order valence-electron chi connectivity index (χ1n) is 6.03. The lowest BCUT2D eigenvalue weighted by Gasteiger charge is -2.34. The van der Waals surface area contributed by atoms with E-state index in [1.165, 1.54) is 29.4 Å². The maximum absolute atomic E-state index is 12.4. The molecule has 0 saturated carbocycles. The molecule has 0 aliphatic heterocycles. The predicted octanol–water partition coefficient (Wildman–Crippen LogP) is 1.02. The molecule has 0 bridgehead atoms. The molecule has 0 aromatic carbocycles. The van der Waals surface area contributed by atoms with Gasteiger partial charge in [-0.2, -0.15) is 0 Å². The van der Waals surface area contributed by atoms with Gasteiger partial charge in [0.15, 0.2) is 0 Å². The molecule has 1 aromatic heterocycles. The van der Waals surface area contributed by atoms with Crippen molar-refractivity contribution < 1.29 is 19.8 Å². The van der Waals surface area contributed by atoms with Gasteiger partial charge in [0.1, 0.15) is 0 Å². The Bertz CT molecular complexity index is 538. The van der Waals surface area contributed by atoms with E-state index >= 15 is 0 Å². The molecule has 2 N–H and O–H groups in total. The van der Waals surface area contributed by atoms with Crippen molar-refractivity contribution in [3.63, 3.8) is 0 Å². The molecule has 20 heavy (non-hydrogen) atoms. The molecule has 0 unspecified atom stereocenters. The van der Waals surface area contributed by atoms with Gasteiger partial charge in [-0.05, 0) is 26.0 Å². The fourth-order valence-electron chi connectivity index (χ4n) is 1.46. The van der Waals surface area contributed by atoms with E-state index in [-0.39, 0.29) is 12.5 Å². The second-order valence-electron chi connectivity index (χ2n) is 4.97. The van der Waals surface area contributed by atoms with Gasteiger partial charge in [-0.15, -0.1) is 0 Å². The van der Waals surface area contributed by atoms with Gasteiger partial charge in [-0.1, -0.05) is 0 Å². The number of carboxylic acid groups (broad SMARTS) is 1. The highest BCUT2D eigenvalue weighted by Gasteiger charge is 2.28. The molecule has 1 amide bonds. The standard InChI is InChI=1S/C14H18N2O4/c1-14(2,9-17)16(3)13(20)11-6-7-15-8-10(11)4-5-12(18)19/h4-8,17H,9H2,1-3H3,(H,18,19)/b5-4+. The number of aliphatic hydroxyl groups excluding tert-OH is 1. The van der Waals surface area contributed by atoms with Crippen molar-refractivity contribution in [3.05, 3.63) is 35.7 Å². The van der Waals surface area contributed by atoms with Gasteiger partial charge >= 0.3 is 5.97 Å². The van der Waals surface area contributed by atoms with Gasteiger partial charge in [0.2, 0.25) is 0 Å². The van der Waals surface area contributed by atoms with Crippen LogP contribution in [-0.4, -0.2) is 51.2 Å². The summed E-state index contributed by atoms with van der Waals surface area (Å²) in [7, 11) is 1.59. The van der Waals surface area contributed by atoms with Gasteiger partial charge in [0.05, 0.1) is 12.1 Å². The highest BCUT2D eigenvalue weighted by Crippen LogP contribution is 2.18. The summed E-state index contributed by atoms with van der Waals surface area (Å²) < 4.78 is 0. The van der Waals surface area contributed by atoms with Crippen molar-refractivity contribution in [3.8, 4) is 0 Å². The van der Waals surface area contributed by atoms with E-state index in [0.29, 0.717) is 11.1 Å². The number of nitrogens with zero attached hydrogens (tertiary/aromatic N) is 2. The first kappa shape index (κ1) is 15.8. The minimum Gasteiger partial charge on any atom is -0.478 e. The number of carbonyl (C=O) groups is 2. The third-order valence-corrected chi connectivity index (χ3v) is 3.09. The summed E-state index contributed by atoms with van der Waals surface area (Å²) in [6.45, 7) is 3.29. The van der Waals surface area contributed by atoms with E-state index in [1.54, 1.807) is 20.9 Å². The number of carboxylic acids is 1. The number of hydrogen-bond donors (Lipinski definition) is 2. The molecule has 0 aliphatic carbocycles. The third kappa shape index (κ3) is 3.64. The maximum atomic E-state index is 12.4. The van der Waals surface area contributed by atoms with Crippen LogP contribution >= 0.6 is 0 Å². The Morgan fingerprint density at radius 3 is 2.65 bits per heavy atom. The van der Waals surface area contributed by atoms with E-state index < -0.39 is 11.5 Å². The van der Waals surface area contributed by atoms with E-state index in [4.69, 9.17) is 5.11 Å². The van der Waals surface area contributed by atoms with Crippen molar-refractivity contribution in [1.82, 2.24) is 9.88 Å². The zero-order chi connectivity index (χ0) is 15.3. The highest BCUT2D eigenvalue weighted by molar-refractivity contribution is 5.99. The van der Waals surface area contributed by atoms with Crippen LogP contribution in [-0.2, 0) is 4.79 Å². The summed E-state index contributed by atoms with van der Waals surface area (Å²) in [4.78, 5) is 28.3. The molecular weight excluding hydrogens is 260 g/mol. The normalized spacial score (nSPS) is 11.6. The van der Waals surface area contributed by atoms with Crippen LogP contribution in [0, 0.1) is 0 Å². The number of amides is 1. The number of aliphatic hydroxyl groups is 1. The lowest BCUT2D eigenvalue weighted by Crippen LogP contribution is -2.47.